The van der Waals surface area contributed by atoms with Gasteiger partial charge in [0.1, 0.15) is 0 Å². The average molecular weight is 309 g/mol. The van der Waals surface area contributed by atoms with Crippen LogP contribution in [0.3, 0.4) is 0 Å². The molecule has 0 aliphatic rings. The van der Waals surface area contributed by atoms with Gasteiger partial charge in [0.15, 0.2) is 0 Å². The fourth-order valence-corrected chi connectivity index (χ4v) is 2.32. The molecule has 0 aromatic heterocycles. The van der Waals surface area contributed by atoms with E-state index in [2.05, 4.69) is 5.32 Å². The summed E-state index contributed by atoms with van der Waals surface area (Å²) in [5, 5.41) is 3.58. The minimum Gasteiger partial charge on any atom is -0.399 e. The van der Waals surface area contributed by atoms with Crippen LogP contribution in [0.25, 0.3) is 0 Å². The third-order valence-electron chi connectivity index (χ3n) is 2.82. The van der Waals surface area contributed by atoms with E-state index in [1.165, 1.54) is 0 Å². The molecule has 0 spiro atoms. The molecule has 0 saturated carbocycles. The molecule has 0 heterocycles. The van der Waals surface area contributed by atoms with Gasteiger partial charge in [0.2, 0.25) is 5.91 Å². The number of carbonyl (C=O) groups is 1. The fraction of sp³-hybridized carbons (Fsp3) is 0.133. The summed E-state index contributed by atoms with van der Waals surface area (Å²) in [6.07, 6.45) is 0.948. The number of hydrogen-bond acceptors (Lipinski definition) is 2. The maximum Gasteiger partial charge on any atom is 0.224 e. The number of para-hydroxylation sites is 1. The lowest BCUT2D eigenvalue weighted by atomic mass is 10.1. The summed E-state index contributed by atoms with van der Waals surface area (Å²) < 4.78 is 0. The Balaban J connectivity index is 1.96. The predicted octanol–water partition coefficient (Wildman–Crippen LogP) is 4.15. The van der Waals surface area contributed by atoms with Crippen molar-refractivity contribution in [2.75, 3.05) is 11.1 Å². The number of nitrogens with one attached hydrogen (secondary N) is 1. The summed E-state index contributed by atoms with van der Waals surface area (Å²) in [5.74, 6) is -0.137. The van der Waals surface area contributed by atoms with Crippen molar-refractivity contribution in [1.82, 2.24) is 0 Å². The van der Waals surface area contributed by atoms with Crippen LogP contribution in [-0.2, 0) is 11.2 Å². The number of rotatable bonds is 4. The van der Waals surface area contributed by atoms with Crippen molar-refractivity contribution in [2.24, 2.45) is 0 Å². The molecule has 104 valence electrons. The van der Waals surface area contributed by atoms with Crippen molar-refractivity contribution in [3.05, 3.63) is 58.1 Å². The predicted molar refractivity (Wildman–Crippen MR) is 84.3 cm³/mol. The third-order valence-corrected chi connectivity index (χ3v) is 3.45. The van der Waals surface area contributed by atoms with Crippen LogP contribution in [0, 0.1) is 0 Å². The Hall–Kier alpha value is -1.71. The van der Waals surface area contributed by atoms with E-state index in [0.717, 1.165) is 5.56 Å². The molecule has 2 aromatic carbocycles. The van der Waals surface area contributed by atoms with Crippen LogP contribution in [0.4, 0.5) is 11.4 Å². The van der Waals surface area contributed by atoms with Gasteiger partial charge in [-0.25, -0.2) is 0 Å². The fourth-order valence-electron chi connectivity index (χ4n) is 1.83. The second kappa shape index (κ2) is 6.64. The smallest absolute Gasteiger partial charge is 0.224 e. The first-order valence-electron chi connectivity index (χ1n) is 6.14. The average Bonchev–Trinajstić information content (AvgIpc) is 2.41. The second-order valence-electron chi connectivity index (χ2n) is 4.39. The van der Waals surface area contributed by atoms with E-state index < -0.39 is 0 Å². The molecular weight excluding hydrogens is 295 g/mol. The van der Waals surface area contributed by atoms with Gasteiger partial charge in [-0.2, -0.15) is 0 Å². The first-order chi connectivity index (χ1) is 9.56. The summed E-state index contributed by atoms with van der Waals surface area (Å²) >= 11 is 12.0. The zero-order valence-electron chi connectivity index (χ0n) is 10.7. The molecule has 20 heavy (non-hydrogen) atoms. The Kier molecular flexibility index (Phi) is 4.88. The lowest BCUT2D eigenvalue weighted by Gasteiger charge is -2.09. The van der Waals surface area contributed by atoms with Crippen LogP contribution in [-0.4, -0.2) is 5.91 Å². The number of nitrogens with two attached hydrogens (primary N) is 1. The minimum atomic E-state index is -0.137. The number of aryl methyl sites for hydroxylation is 1. The first kappa shape index (κ1) is 14.7. The van der Waals surface area contributed by atoms with Crippen molar-refractivity contribution >= 4 is 40.5 Å². The van der Waals surface area contributed by atoms with Crippen LogP contribution in [0.15, 0.2) is 42.5 Å². The maximum atomic E-state index is 11.9. The van der Waals surface area contributed by atoms with Crippen molar-refractivity contribution in [3.8, 4) is 0 Å². The SMILES string of the molecule is Nc1cccc(CCC(=O)Nc2c(Cl)cccc2Cl)c1. The van der Waals surface area contributed by atoms with E-state index in [9.17, 15) is 4.79 Å². The van der Waals surface area contributed by atoms with Gasteiger partial charge in [-0.3, -0.25) is 4.79 Å². The summed E-state index contributed by atoms with van der Waals surface area (Å²) in [6, 6.07) is 12.6. The van der Waals surface area contributed by atoms with Crippen LogP contribution < -0.4 is 11.1 Å². The molecule has 3 nitrogen and oxygen atoms in total. The monoisotopic (exact) mass is 308 g/mol. The lowest BCUT2D eigenvalue weighted by molar-refractivity contribution is -0.116. The second-order valence-corrected chi connectivity index (χ2v) is 5.20. The number of amides is 1. The highest BCUT2D eigenvalue weighted by atomic mass is 35.5. The van der Waals surface area contributed by atoms with Gasteiger partial charge < -0.3 is 11.1 Å². The van der Waals surface area contributed by atoms with Gasteiger partial charge in [-0.15, -0.1) is 0 Å². The number of nitrogen functional groups attached to an aromatic ring is 1. The van der Waals surface area contributed by atoms with Crippen molar-refractivity contribution in [2.45, 2.75) is 12.8 Å². The Bertz CT molecular complexity index is 609. The highest BCUT2D eigenvalue weighted by Crippen LogP contribution is 2.29. The zero-order chi connectivity index (χ0) is 14.5. The normalized spacial score (nSPS) is 10.3. The molecular formula is C15H14Cl2N2O. The van der Waals surface area contributed by atoms with Crippen LogP contribution in [0.5, 0.6) is 0 Å². The number of anilines is 2. The van der Waals surface area contributed by atoms with Crippen molar-refractivity contribution in [1.29, 1.82) is 0 Å². The maximum absolute atomic E-state index is 11.9. The van der Waals surface area contributed by atoms with Gasteiger partial charge in [0.25, 0.3) is 0 Å². The van der Waals surface area contributed by atoms with Crippen molar-refractivity contribution in [3.63, 3.8) is 0 Å². The molecule has 0 unspecified atom stereocenters. The van der Waals surface area contributed by atoms with Crippen molar-refractivity contribution < 1.29 is 4.79 Å². The summed E-state index contributed by atoms with van der Waals surface area (Å²) in [6.45, 7) is 0. The van der Waals surface area contributed by atoms with Crippen LogP contribution >= 0.6 is 23.2 Å². The standard InChI is InChI=1S/C15H14Cl2N2O/c16-12-5-2-6-13(17)15(12)19-14(20)8-7-10-3-1-4-11(18)9-10/h1-6,9H,7-8,18H2,(H,19,20). The molecule has 0 aliphatic carbocycles. The summed E-state index contributed by atoms with van der Waals surface area (Å²) in [7, 11) is 0. The third kappa shape index (κ3) is 3.89. The molecule has 2 aromatic rings. The molecule has 5 heteroatoms. The van der Waals surface area contributed by atoms with E-state index >= 15 is 0 Å². The Morgan fingerprint density at radius 1 is 1.10 bits per heavy atom. The molecule has 0 fully saturated rings. The first-order valence-corrected chi connectivity index (χ1v) is 6.90. The van der Waals surface area contributed by atoms with Crippen LogP contribution in [0.1, 0.15) is 12.0 Å². The molecule has 0 atom stereocenters. The highest BCUT2D eigenvalue weighted by molar-refractivity contribution is 6.39. The number of hydrogen-bond donors (Lipinski definition) is 2. The molecule has 0 saturated heterocycles. The van der Waals surface area contributed by atoms with Gasteiger partial charge in [-0.05, 0) is 36.2 Å². The number of carbonyl (C=O) groups excluding carboxylic acids is 1. The number of benzene rings is 2. The summed E-state index contributed by atoms with van der Waals surface area (Å²) in [5.41, 5.74) is 7.86. The Morgan fingerprint density at radius 3 is 2.40 bits per heavy atom. The van der Waals surface area contributed by atoms with Gasteiger partial charge in [0, 0.05) is 12.1 Å². The number of halogens is 2. The van der Waals surface area contributed by atoms with E-state index in [1.807, 2.05) is 24.3 Å². The largest absolute Gasteiger partial charge is 0.399 e. The van der Waals surface area contributed by atoms with Crippen LogP contribution in [0.2, 0.25) is 10.0 Å². The minimum absolute atomic E-state index is 0.137. The molecule has 0 aliphatic heterocycles. The van der Waals surface area contributed by atoms with E-state index in [4.69, 9.17) is 28.9 Å². The van der Waals surface area contributed by atoms with E-state index in [-0.39, 0.29) is 5.91 Å². The van der Waals surface area contributed by atoms with E-state index in [0.29, 0.717) is 34.3 Å². The molecule has 2 rings (SSSR count). The molecule has 1 amide bonds. The Labute approximate surface area is 127 Å². The van der Waals surface area contributed by atoms with Gasteiger partial charge >= 0.3 is 0 Å². The van der Waals surface area contributed by atoms with E-state index in [1.54, 1.807) is 18.2 Å². The zero-order valence-corrected chi connectivity index (χ0v) is 12.2. The Morgan fingerprint density at radius 2 is 1.75 bits per heavy atom. The quantitative estimate of drug-likeness (QED) is 0.834. The highest BCUT2D eigenvalue weighted by Gasteiger charge is 2.09. The lowest BCUT2D eigenvalue weighted by Crippen LogP contribution is -2.13. The molecule has 0 bridgehead atoms. The molecule has 3 N–H and O–H groups in total. The summed E-state index contributed by atoms with van der Waals surface area (Å²) in [4.78, 5) is 11.9. The van der Waals surface area contributed by atoms with Gasteiger partial charge in [0.05, 0.1) is 15.7 Å². The topological polar surface area (TPSA) is 55.1 Å². The molecule has 0 radical (unpaired) electrons. The van der Waals surface area contributed by atoms with Gasteiger partial charge in [-0.1, -0.05) is 41.4 Å².